The SMILES string of the molecule is COc1ccccc1OCC1(CBr)CC1. The molecular weight excluding hydrogens is 256 g/mol. The van der Waals surface area contributed by atoms with Gasteiger partial charge in [-0.1, -0.05) is 28.1 Å². The zero-order valence-electron chi connectivity index (χ0n) is 8.83. The summed E-state index contributed by atoms with van der Waals surface area (Å²) in [4.78, 5) is 0. The summed E-state index contributed by atoms with van der Waals surface area (Å²) < 4.78 is 11.0. The van der Waals surface area contributed by atoms with E-state index in [4.69, 9.17) is 9.47 Å². The van der Waals surface area contributed by atoms with Crippen LogP contribution in [0, 0.1) is 5.41 Å². The molecule has 0 N–H and O–H groups in total. The van der Waals surface area contributed by atoms with Gasteiger partial charge in [-0.25, -0.2) is 0 Å². The summed E-state index contributed by atoms with van der Waals surface area (Å²) in [5, 5.41) is 1.02. The van der Waals surface area contributed by atoms with Crippen LogP contribution in [0.5, 0.6) is 11.5 Å². The average molecular weight is 271 g/mol. The molecule has 1 aliphatic rings. The first kappa shape index (κ1) is 10.8. The van der Waals surface area contributed by atoms with E-state index < -0.39 is 0 Å². The van der Waals surface area contributed by atoms with E-state index in [0.717, 1.165) is 23.4 Å². The lowest BCUT2D eigenvalue weighted by molar-refractivity contribution is 0.239. The molecule has 3 heteroatoms. The van der Waals surface area contributed by atoms with Gasteiger partial charge in [-0.05, 0) is 25.0 Å². The third-order valence-electron chi connectivity index (χ3n) is 2.84. The van der Waals surface area contributed by atoms with E-state index in [1.807, 2.05) is 24.3 Å². The molecule has 0 unspecified atom stereocenters. The third-order valence-corrected chi connectivity index (χ3v) is 4.03. The molecule has 0 aliphatic heterocycles. The number of benzene rings is 1. The van der Waals surface area contributed by atoms with Crippen molar-refractivity contribution in [1.29, 1.82) is 0 Å². The number of ether oxygens (including phenoxy) is 2. The Morgan fingerprint density at radius 2 is 1.93 bits per heavy atom. The molecule has 1 aromatic carbocycles. The first-order valence-electron chi connectivity index (χ1n) is 5.11. The normalized spacial score (nSPS) is 17.2. The number of rotatable bonds is 5. The monoisotopic (exact) mass is 270 g/mol. The van der Waals surface area contributed by atoms with E-state index in [-0.39, 0.29) is 0 Å². The highest BCUT2D eigenvalue weighted by atomic mass is 79.9. The molecule has 82 valence electrons. The van der Waals surface area contributed by atoms with Crippen molar-refractivity contribution in [3.8, 4) is 11.5 Å². The molecule has 0 saturated heterocycles. The van der Waals surface area contributed by atoms with Crippen molar-refractivity contribution in [2.75, 3.05) is 19.0 Å². The van der Waals surface area contributed by atoms with E-state index in [1.165, 1.54) is 12.8 Å². The molecule has 2 rings (SSSR count). The maximum Gasteiger partial charge on any atom is 0.161 e. The molecule has 0 bridgehead atoms. The molecule has 0 amide bonds. The Bertz CT molecular complexity index is 334. The average Bonchev–Trinajstić information content (AvgIpc) is 3.07. The van der Waals surface area contributed by atoms with Gasteiger partial charge in [0.25, 0.3) is 0 Å². The summed E-state index contributed by atoms with van der Waals surface area (Å²) >= 11 is 3.53. The number of hydrogen-bond donors (Lipinski definition) is 0. The summed E-state index contributed by atoms with van der Waals surface area (Å²) in [6.07, 6.45) is 2.51. The minimum absolute atomic E-state index is 0.376. The van der Waals surface area contributed by atoms with Crippen LogP contribution in [0.3, 0.4) is 0 Å². The van der Waals surface area contributed by atoms with Gasteiger partial charge in [0.05, 0.1) is 13.7 Å². The van der Waals surface area contributed by atoms with Crippen LogP contribution in [0.1, 0.15) is 12.8 Å². The number of methoxy groups -OCH3 is 1. The minimum atomic E-state index is 0.376. The highest BCUT2D eigenvalue weighted by Crippen LogP contribution is 2.47. The van der Waals surface area contributed by atoms with Crippen LogP contribution in [0.15, 0.2) is 24.3 Å². The maximum atomic E-state index is 5.79. The fourth-order valence-electron chi connectivity index (χ4n) is 1.46. The summed E-state index contributed by atoms with van der Waals surface area (Å²) in [5.41, 5.74) is 0.376. The predicted octanol–water partition coefficient (Wildman–Crippen LogP) is 3.25. The van der Waals surface area contributed by atoms with Crippen molar-refractivity contribution in [3.63, 3.8) is 0 Å². The molecule has 0 heterocycles. The molecule has 0 spiro atoms. The van der Waals surface area contributed by atoms with Crippen LogP contribution < -0.4 is 9.47 Å². The van der Waals surface area contributed by atoms with Gasteiger partial charge in [0.2, 0.25) is 0 Å². The van der Waals surface area contributed by atoms with Crippen molar-refractivity contribution < 1.29 is 9.47 Å². The van der Waals surface area contributed by atoms with E-state index in [0.29, 0.717) is 5.41 Å². The van der Waals surface area contributed by atoms with Crippen molar-refractivity contribution in [1.82, 2.24) is 0 Å². The van der Waals surface area contributed by atoms with E-state index in [9.17, 15) is 0 Å². The van der Waals surface area contributed by atoms with Crippen LogP contribution in [-0.4, -0.2) is 19.0 Å². The lowest BCUT2D eigenvalue weighted by Gasteiger charge is -2.15. The lowest BCUT2D eigenvalue weighted by atomic mass is 10.2. The molecule has 0 aromatic heterocycles. The number of halogens is 1. The molecule has 15 heavy (non-hydrogen) atoms. The predicted molar refractivity (Wildman–Crippen MR) is 64.0 cm³/mol. The summed E-state index contributed by atoms with van der Waals surface area (Å²) in [6.45, 7) is 0.776. The first-order valence-corrected chi connectivity index (χ1v) is 6.24. The topological polar surface area (TPSA) is 18.5 Å². The van der Waals surface area contributed by atoms with Gasteiger partial charge in [0.15, 0.2) is 11.5 Å². The van der Waals surface area contributed by atoms with Crippen molar-refractivity contribution in [2.45, 2.75) is 12.8 Å². The van der Waals surface area contributed by atoms with Crippen LogP contribution >= 0.6 is 15.9 Å². The summed E-state index contributed by atoms with van der Waals surface area (Å²) in [5.74, 6) is 1.65. The van der Waals surface area contributed by atoms with Gasteiger partial charge in [0.1, 0.15) is 0 Å². The summed E-state index contributed by atoms with van der Waals surface area (Å²) in [6, 6.07) is 7.78. The Balaban J connectivity index is 1.98. The molecular formula is C12H15BrO2. The van der Waals surface area contributed by atoms with Gasteiger partial charge in [-0.2, -0.15) is 0 Å². The smallest absolute Gasteiger partial charge is 0.161 e. The molecule has 1 aromatic rings. The second-order valence-corrected chi connectivity index (χ2v) is 4.63. The Morgan fingerprint density at radius 3 is 2.47 bits per heavy atom. The van der Waals surface area contributed by atoms with Crippen LogP contribution in [-0.2, 0) is 0 Å². The molecule has 1 saturated carbocycles. The van der Waals surface area contributed by atoms with E-state index in [1.54, 1.807) is 7.11 Å². The Kier molecular flexibility index (Phi) is 3.19. The van der Waals surface area contributed by atoms with Gasteiger partial charge in [-0.15, -0.1) is 0 Å². The standard InChI is InChI=1S/C12H15BrO2/c1-14-10-4-2-3-5-11(10)15-9-12(8-13)6-7-12/h2-5H,6-9H2,1H3. The van der Waals surface area contributed by atoms with Crippen LogP contribution in [0.25, 0.3) is 0 Å². The molecule has 2 nitrogen and oxygen atoms in total. The van der Waals surface area contributed by atoms with Gasteiger partial charge in [0, 0.05) is 10.7 Å². The van der Waals surface area contributed by atoms with E-state index >= 15 is 0 Å². The largest absolute Gasteiger partial charge is 0.493 e. The quantitative estimate of drug-likeness (QED) is 0.765. The third kappa shape index (κ3) is 2.46. The van der Waals surface area contributed by atoms with Crippen molar-refractivity contribution in [2.24, 2.45) is 5.41 Å². The molecule has 0 atom stereocenters. The van der Waals surface area contributed by atoms with Gasteiger partial charge < -0.3 is 9.47 Å². The van der Waals surface area contributed by atoms with Crippen molar-refractivity contribution >= 4 is 15.9 Å². The Morgan fingerprint density at radius 1 is 1.27 bits per heavy atom. The highest BCUT2D eigenvalue weighted by Gasteiger charge is 2.42. The number of hydrogen-bond acceptors (Lipinski definition) is 2. The first-order chi connectivity index (χ1) is 7.29. The van der Waals surface area contributed by atoms with Gasteiger partial charge >= 0.3 is 0 Å². The second-order valence-electron chi connectivity index (χ2n) is 4.07. The zero-order valence-corrected chi connectivity index (χ0v) is 10.4. The fraction of sp³-hybridized carbons (Fsp3) is 0.500. The van der Waals surface area contributed by atoms with Crippen LogP contribution in [0.2, 0.25) is 0 Å². The molecule has 0 radical (unpaired) electrons. The lowest BCUT2D eigenvalue weighted by Crippen LogP contribution is -2.14. The highest BCUT2D eigenvalue weighted by molar-refractivity contribution is 9.09. The molecule has 1 aliphatic carbocycles. The molecule has 1 fully saturated rings. The van der Waals surface area contributed by atoms with Gasteiger partial charge in [-0.3, -0.25) is 0 Å². The zero-order chi connectivity index (χ0) is 10.7. The fourth-order valence-corrected chi connectivity index (χ4v) is 2.18. The maximum absolute atomic E-state index is 5.79. The number of alkyl halides is 1. The van der Waals surface area contributed by atoms with Crippen LogP contribution in [0.4, 0.5) is 0 Å². The summed E-state index contributed by atoms with van der Waals surface area (Å²) in [7, 11) is 1.67. The Hall–Kier alpha value is -0.700. The van der Waals surface area contributed by atoms with E-state index in [2.05, 4.69) is 15.9 Å². The second kappa shape index (κ2) is 4.44. The Labute approximate surface area is 98.7 Å². The minimum Gasteiger partial charge on any atom is -0.493 e. The number of para-hydroxylation sites is 2. The van der Waals surface area contributed by atoms with Crippen molar-refractivity contribution in [3.05, 3.63) is 24.3 Å².